The second-order valence-electron chi connectivity index (χ2n) is 8.49. The Hall–Kier alpha value is -3.22. The fraction of sp³-hybridized carbons (Fsp3) is 0.545. The summed E-state index contributed by atoms with van der Waals surface area (Å²) >= 11 is 0. The quantitative estimate of drug-likeness (QED) is 0.169. The van der Waals surface area contributed by atoms with E-state index >= 15 is 0 Å². The molecule has 190 valence electrons. The number of aliphatic hydroxyl groups excluding tert-OH is 2. The van der Waals surface area contributed by atoms with Crippen LogP contribution in [-0.2, 0) is 25.6 Å². The summed E-state index contributed by atoms with van der Waals surface area (Å²) < 4.78 is 0. The minimum atomic E-state index is -1.51. The van der Waals surface area contributed by atoms with Gasteiger partial charge in [-0.3, -0.25) is 14.4 Å². The van der Waals surface area contributed by atoms with Crippen molar-refractivity contribution in [3.05, 3.63) is 29.8 Å². The average Bonchev–Trinajstić information content (AvgIpc) is 2.74. The molecule has 0 saturated heterocycles. The van der Waals surface area contributed by atoms with Crippen molar-refractivity contribution in [3.63, 3.8) is 0 Å². The van der Waals surface area contributed by atoms with Crippen molar-refractivity contribution in [2.24, 2.45) is 11.7 Å². The number of carboxylic acids is 1. The number of benzene rings is 1. The van der Waals surface area contributed by atoms with Crippen molar-refractivity contribution >= 4 is 23.7 Å². The number of carbonyl (C=O) groups excluding carboxylic acids is 3. The van der Waals surface area contributed by atoms with Crippen molar-refractivity contribution in [1.82, 2.24) is 16.0 Å². The van der Waals surface area contributed by atoms with Crippen LogP contribution in [0.2, 0.25) is 0 Å². The molecule has 12 nitrogen and oxygen atoms in total. The highest BCUT2D eigenvalue weighted by Gasteiger charge is 2.33. The third-order valence-electron chi connectivity index (χ3n) is 5.12. The van der Waals surface area contributed by atoms with E-state index in [1.807, 2.05) is 0 Å². The molecule has 0 radical (unpaired) electrons. The van der Waals surface area contributed by atoms with Crippen molar-refractivity contribution < 1.29 is 39.6 Å². The highest BCUT2D eigenvalue weighted by atomic mass is 16.4. The normalized spacial score (nSPS) is 16.5. The number of phenolic OH excluding ortho intramolecular Hbond substituents is 1. The van der Waals surface area contributed by atoms with Gasteiger partial charge in [-0.15, -0.1) is 0 Å². The number of nitrogens with one attached hydrogen (secondary N) is 3. The summed E-state index contributed by atoms with van der Waals surface area (Å²) in [4.78, 5) is 49.5. The van der Waals surface area contributed by atoms with Crippen LogP contribution >= 0.6 is 0 Å². The van der Waals surface area contributed by atoms with Gasteiger partial charge in [0.15, 0.2) is 0 Å². The van der Waals surface area contributed by atoms with Gasteiger partial charge in [0.05, 0.1) is 12.2 Å². The number of amides is 3. The summed E-state index contributed by atoms with van der Waals surface area (Å²) in [6.07, 6.45) is -2.67. The third kappa shape index (κ3) is 8.61. The molecular formula is C22H34N4O8. The highest BCUT2D eigenvalue weighted by Crippen LogP contribution is 2.12. The lowest BCUT2D eigenvalue weighted by molar-refractivity contribution is -0.143. The molecular weight excluding hydrogens is 448 g/mol. The molecule has 6 unspecified atom stereocenters. The van der Waals surface area contributed by atoms with Crippen LogP contribution in [0, 0.1) is 5.92 Å². The topological polar surface area (TPSA) is 211 Å². The zero-order valence-electron chi connectivity index (χ0n) is 19.6. The molecule has 0 spiro atoms. The van der Waals surface area contributed by atoms with Gasteiger partial charge in [0.2, 0.25) is 17.7 Å². The third-order valence-corrected chi connectivity index (χ3v) is 5.12. The van der Waals surface area contributed by atoms with E-state index in [4.69, 9.17) is 5.73 Å². The molecule has 0 aliphatic rings. The van der Waals surface area contributed by atoms with Crippen LogP contribution in [0.5, 0.6) is 5.75 Å². The first kappa shape index (κ1) is 28.8. The Morgan fingerprint density at radius 1 is 0.824 bits per heavy atom. The van der Waals surface area contributed by atoms with Crippen LogP contribution in [0.1, 0.15) is 33.3 Å². The van der Waals surface area contributed by atoms with E-state index in [1.54, 1.807) is 13.8 Å². The van der Waals surface area contributed by atoms with Crippen LogP contribution < -0.4 is 21.7 Å². The Labute approximate surface area is 197 Å². The second-order valence-corrected chi connectivity index (χ2v) is 8.49. The summed E-state index contributed by atoms with van der Waals surface area (Å²) in [5.41, 5.74) is 6.11. The van der Waals surface area contributed by atoms with Gasteiger partial charge < -0.3 is 42.1 Å². The van der Waals surface area contributed by atoms with E-state index in [9.17, 15) is 39.6 Å². The van der Waals surface area contributed by atoms with Crippen LogP contribution in [0.4, 0.5) is 0 Å². The molecule has 3 amide bonds. The molecule has 6 atom stereocenters. The molecule has 1 aromatic carbocycles. The number of nitrogens with two attached hydrogens (primary N) is 1. The Morgan fingerprint density at radius 3 is 1.79 bits per heavy atom. The maximum Gasteiger partial charge on any atom is 0.326 e. The molecule has 1 aromatic rings. The van der Waals surface area contributed by atoms with Crippen LogP contribution in [0.15, 0.2) is 24.3 Å². The zero-order valence-corrected chi connectivity index (χ0v) is 19.6. The summed E-state index contributed by atoms with van der Waals surface area (Å²) in [7, 11) is 0. The van der Waals surface area contributed by atoms with Crippen LogP contribution in [-0.4, -0.2) is 80.5 Å². The number of carboxylic acid groups (broad SMARTS) is 1. The SMILES string of the molecule is CC(C)C(NC(=O)C(Cc1ccc(O)cc1)NC(=O)C(NC(=O)C(N)C(C)O)C(C)O)C(=O)O. The molecule has 0 heterocycles. The van der Waals surface area contributed by atoms with Gasteiger partial charge >= 0.3 is 5.97 Å². The Kier molecular flexibility index (Phi) is 10.9. The lowest BCUT2D eigenvalue weighted by Crippen LogP contribution is -2.61. The number of hydrogen-bond donors (Lipinski definition) is 8. The maximum absolute atomic E-state index is 12.9. The number of carbonyl (C=O) groups is 4. The van der Waals surface area contributed by atoms with Crippen molar-refractivity contribution in [2.45, 2.75) is 70.5 Å². The van der Waals surface area contributed by atoms with Gasteiger partial charge in [0.1, 0.15) is 29.9 Å². The molecule has 34 heavy (non-hydrogen) atoms. The average molecular weight is 483 g/mol. The maximum atomic E-state index is 12.9. The molecule has 0 bridgehead atoms. The van der Waals surface area contributed by atoms with Crippen molar-refractivity contribution in [1.29, 1.82) is 0 Å². The van der Waals surface area contributed by atoms with Crippen molar-refractivity contribution in [2.75, 3.05) is 0 Å². The molecule has 0 saturated carbocycles. The minimum Gasteiger partial charge on any atom is -0.508 e. The van der Waals surface area contributed by atoms with Gasteiger partial charge in [0, 0.05) is 6.42 Å². The lowest BCUT2D eigenvalue weighted by Gasteiger charge is -2.27. The Bertz CT molecular complexity index is 857. The summed E-state index contributed by atoms with van der Waals surface area (Å²) in [5.74, 6) is -4.31. The Morgan fingerprint density at radius 2 is 1.35 bits per heavy atom. The number of rotatable bonds is 12. The predicted molar refractivity (Wildman–Crippen MR) is 121 cm³/mol. The molecule has 9 N–H and O–H groups in total. The van der Waals surface area contributed by atoms with Crippen LogP contribution in [0.25, 0.3) is 0 Å². The van der Waals surface area contributed by atoms with Gasteiger partial charge in [-0.2, -0.15) is 0 Å². The largest absolute Gasteiger partial charge is 0.508 e. The molecule has 0 aliphatic carbocycles. The second kappa shape index (κ2) is 12.9. The first-order valence-electron chi connectivity index (χ1n) is 10.8. The molecule has 12 heteroatoms. The molecule has 0 fully saturated rings. The van der Waals surface area contributed by atoms with E-state index in [2.05, 4.69) is 16.0 Å². The lowest BCUT2D eigenvalue weighted by atomic mass is 10.0. The van der Waals surface area contributed by atoms with E-state index < -0.39 is 66.0 Å². The van der Waals surface area contributed by atoms with E-state index in [0.717, 1.165) is 0 Å². The van der Waals surface area contributed by atoms with E-state index in [0.29, 0.717) is 5.56 Å². The zero-order chi connectivity index (χ0) is 26.2. The Balaban J connectivity index is 3.14. The smallest absolute Gasteiger partial charge is 0.326 e. The number of aromatic hydroxyl groups is 1. The molecule has 0 aromatic heterocycles. The molecule has 1 rings (SSSR count). The predicted octanol–water partition coefficient (Wildman–Crippen LogP) is -1.78. The van der Waals surface area contributed by atoms with Gasteiger partial charge in [0.25, 0.3) is 0 Å². The molecule has 0 aliphatic heterocycles. The van der Waals surface area contributed by atoms with E-state index in [-0.39, 0.29) is 12.2 Å². The van der Waals surface area contributed by atoms with E-state index in [1.165, 1.54) is 38.1 Å². The fourth-order valence-corrected chi connectivity index (χ4v) is 2.98. The van der Waals surface area contributed by atoms with Gasteiger partial charge in [-0.05, 0) is 37.5 Å². The van der Waals surface area contributed by atoms with Gasteiger partial charge in [-0.25, -0.2) is 4.79 Å². The number of phenols is 1. The minimum absolute atomic E-state index is 0.00846. The summed E-state index contributed by atoms with van der Waals surface area (Å²) in [6, 6.07) is 0.459. The first-order valence-corrected chi connectivity index (χ1v) is 10.8. The summed E-state index contributed by atoms with van der Waals surface area (Å²) in [5, 5.41) is 45.5. The fourth-order valence-electron chi connectivity index (χ4n) is 2.98. The van der Waals surface area contributed by atoms with Crippen LogP contribution in [0.3, 0.4) is 0 Å². The monoisotopic (exact) mass is 482 g/mol. The number of aliphatic hydroxyl groups is 2. The highest BCUT2D eigenvalue weighted by molar-refractivity contribution is 5.94. The summed E-state index contributed by atoms with van der Waals surface area (Å²) in [6.45, 7) is 5.74. The standard InChI is InChI=1S/C22H34N4O8/c1-10(2)17(22(33)34)25-19(30)15(9-13-5-7-14(29)8-6-13)24-21(32)18(12(4)28)26-20(31)16(23)11(3)27/h5-8,10-12,15-18,27-29H,9,23H2,1-4H3,(H,24,32)(H,25,30)(H,26,31)(H,33,34). The van der Waals surface area contributed by atoms with Gasteiger partial charge in [-0.1, -0.05) is 26.0 Å². The number of aliphatic carboxylic acids is 1. The first-order chi connectivity index (χ1) is 15.7. The van der Waals surface area contributed by atoms with Crippen molar-refractivity contribution in [3.8, 4) is 5.75 Å². The number of hydrogen-bond acceptors (Lipinski definition) is 8.